The first kappa shape index (κ1) is 36.5. The largest absolute Gasteiger partial charge is 0.372 e. The number of aliphatic imine (C=N–C) groups is 1. The molecular formula is C33H56N4. The highest BCUT2D eigenvalue weighted by Crippen LogP contribution is 2.23. The predicted octanol–water partition coefficient (Wildman–Crippen LogP) is 9.08. The molecule has 1 saturated heterocycles. The molecule has 0 bridgehead atoms. The summed E-state index contributed by atoms with van der Waals surface area (Å²) in [5, 5.41) is 12.3. The van der Waals surface area contributed by atoms with E-state index in [1.54, 1.807) is 0 Å². The third-order valence-corrected chi connectivity index (χ3v) is 5.80. The molecule has 0 saturated carbocycles. The zero-order chi connectivity index (χ0) is 28.5. The lowest BCUT2D eigenvalue weighted by molar-refractivity contribution is 0.298. The van der Waals surface area contributed by atoms with Crippen LogP contribution in [0, 0.1) is 11.3 Å². The minimum absolute atomic E-state index is 0.737. The Morgan fingerprint density at radius 1 is 1.00 bits per heavy atom. The Balaban J connectivity index is 0. The van der Waals surface area contributed by atoms with Gasteiger partial charge in [0.05, 0.1) is 11.6 Å². The Bertz CT molecular complexity index is 851. The van der Waals surface area contributed by atoms with Gasteiger partial charge in [0.1, 0.15) is 0 Å². The maximum Gasteiger partial charge on any atom is 0.0991 e. The number of rotatable bonds is 11. The number of nitrogens with one attached hydrogen (secondary N) is 1. The Labute approximate surface area is 230 Å². The normalized spacial score (nSPS) is 16.1. The summed E-state index contributed by atoms with van der Waals surface area (Å²) in [6.07, 6.45) is 19.3. The molecule has 0 unspecified atom stereocenters. The Kier molecular flexibility index (Phi) is 24.7. The van der Waals surface area contributed by atoms with Gasteiger partial charge < -0.3 is 10.2 Å². The van der Waals surface area contributed by atoms with E-state index in [0.29, 0.717) is 0 Å². The predicted molar refractivity (Wildman–Crippen MR) is 167 cm³/mol. The quantitative estimate of drug-likeness (QED) is 0.172. The highest BCUT2D eigenvalue weighted by atomic mass is 15.2. The Hall–Kier alpha value is -2.64. The Morgan fingerprint density at radius 3 is 2.11 bits per heavy atom. The van der Waals surface area contributed by atoms with Crippen molar-refractivity contribution in [2.45, 2.75) is 101 Å². The zero-order valence-corrected chi connectivity index (χ0v) is 25.7. The number of allylic oxidation sites excluding steroid dienone is 11. The number of hydrogen-bond donors (Lipinski definition) is 1. The van der Waals surface area contributed by atoms with Gasteiger partial charge in [-0.05, 0) is 71.1 Å². The third kappa shape index (κ3) is 16.7. The van der Waals surface area contributed by atoms with Crippen LogP contribution in [-0.4, -0.2) is 36.8 Å². The minimum atomic E-state index is 0.737. The van der Waals surface area contributed by atoms with Crippen LogP contribution in [0.25, 0.3) is 0 Å². The molecule has 4 nitrogen and oxygen atoms in total. The van der Waals surface area contributed by atoms with Crippen LogP contribution in [0.15, 0.2) is 75.6 Å². The van der Waals surface area contributed by atoms with Crippen molar-refractivity contribution >= 4 is 5.71 Å². The Morgan fingerprint density at radius 2 is 1.62 bits per heavy atom. The smallest absolute Gasteiger partial charge is 0.0991 e. The molecule has 0 spiro atoms. The summed E-state index contributed by atoms with van der Waals surface area (Å²) in [5.41, 5.74) is 7.19. The molecule has 1 N–H and O–H groups in total. The first-order valence-electron chi connectivity index (χ1n) is 14.4. The van der Waals surface area contributed by atoms with Crippen molar-refractivity contribution in [1.29, 1.82) is 5.26 Å². The maximum absolute atomic E-state index is 8.85. The molecule has 0 aromatic rings. The van der Waals surface area contributed by atoms with Gasteiger partial charge >= 0.3 is 0 Å². The molecule has 0 amide bonds. The molecule has 1 aliphatic heterocycles. The highest BCUT2D eigenvalue weighted by Gasteiger charge is 2.17. The first-order valence-corrected chi connectivity index (χ1v) is 14.4. The van der Waals surface area contributed by atoms with E-state index in [9.17, 15) is 0 Å². The highest BCUT2D eigenvalue weighted by molar-refractivity contribution is 6.03. The van der Waals surface area contributed by atoms with E-state index >= 15 is 0 Å². The molecule has 0 radical (unpaired) electrons. The molecule has 1 rings (SSSR count). The maximum atomic E-state index is 8.85. The standard InChI is InChI=1S/C18H31N3.C13H19N.C2H6/c1-6-9-10-20-15(4)18(17(7-2)8-3)16(5)21-13-11-19-12-14-21;1-4-6-7-9-13(11-14)10-12(3)8-5-2;1-2/h7,9-10,19H,6,8,11-14H2,1-5H3;6-7,9-10H,4-5,8H2,1-3H3;1-2H3/b10-9+,17-7-,18-16-,20-15+;7-6+,12-10+,13-9+;. The molecule has 1 heterocycles. The third-order valence-electron chi connectivity index (χ3n) is 5.80. The van der Waals surface area contributed by atoms with Gasteiger partial charge in [-0.25, -0.2) is 0 Å². The van der Waals surface area contributed by atoms with E-state index in [1.807, 2.05) is 44.4 Å². The van der Waals surface area contributed by atoms with Crippen molar-refractivity contribution < 1.29 is 0 Å². The molecular weight excluding hydrogens is 452 g/mol. The van der Waals surface area contributed by atoms with E-state index in [1.165, 1.54) is 22.4 Å². The lowest BCUT2D eigenvalue weighted by Gasteiger charge is -2.32. The van der Waals surface area contributed by atoms with Crippen LogP contribution < -0.4 is 5.32 Å². The fourth-order valence-corrected chi connectivity index (χ4v) is 3.90. The molecule has 208 valence electrons. The summed E-state index contributed by atoms with van der Waals surface area (Å²) < 4.78 is 0. The van der Waals surface area contributed by atoms with E-state index in [-0.39, 0.29) is 0 Å². The van der Waals surface area contributed by atoms with Gasteiger partial charge in [0.15, 0.2) is 0 Å². The van der Waals surface area contributed by atoms with Crippen LogP contribution in [0.1, 0.15) is 101 Å². The summed E-state index contributed by atoms with van der Waals surface area (Å²) in [7, 11) is 0. The summed E-state index contributed by atoms with van der Waals surface area (Å²) in [6, 6.07) is 2.18. The summed E-state index contributed by atoms with van der Waals surface area (Å²) >= 11 is 0. The van der Waals surface area contributed by atoms with Gasteiger partial charge in [-0.3, -0.25) is 4.99 Å². The number of nitriles is 1. The molecule has 0 atom stereocenters. The van der Waals surface area contributed by atoms with E-state index in [2.05, 4.69) is 88.8 Å². The molecule has 37 heavy (non-hydrogen) atoms. The molecule has 0 aliphatic carbocycles. The average Bonchev–Trinajstić information content (AvgIpc) is 2.93. The second kappa shape index (κ2) is 25.0. The van der Waals surface area contributed by atoms with Crippen LogP contribution in [0.2, 0.25) is 0 Å². The van der Waals surface area contributed by atoms with Crippen LogP contribution in [-0.2, 0) is 0 Å². The minimum Gasteiger partial charge on any atom is -0.372 e. The molecule has 0 aromatic heterocycles. The summed E-state index contributed by atoms with van der Waals surface area (Å²) in [5.74, 6) is 0. The number of nitrogens with zero attached hydrogens (tertiary/aromatic N) is 3. The van der Waals surface area contributed by atoms with Crippen molar-refractivity contribution in [2.24, 2.45) is 4.99 Å². The van der Waals surface area contributed by atoms with Crippen molar-refractivity contribution in [3.63, 3.8) is 0 Å². The fourth-order valence-electron chi connectivity index (χ4n) is 3.90. The molecule has 1 aliphatic rings. The monoisotopic (exact) mass is 508 g/mol. The SMILES string of the molecule is CC.CC/C=C/C=C(C#N)\C=C(/C)CCC.C\C=C(CC)/C(C(/C)=N/C=C/CC)=C(/C)N1CCNCC1. The van der Waals surface area contributed by atoms with Crippen LogP contribution in [0.4, 0.5) is 0 Å². The molecule has 1 fully saturated rings. The second-order valence-corrected chi connectivity index (χ2v) is 8.68. The van der Waals surface area contributed by atoms with E-state index in [0.717, 1.165) is 69.6 Å². The number of hydrogen-bond acceptors (Lipinski definition) is 4. The summed E-state index contributed by atoms with van der Waals surface area (Å²) in [4.78, 5) is 7.12. The van der Waals surface area contributed by atoms with E-state index in [4.69, 9.17) is 5.26 Å². The van der Waals surface area contributed by atoms with Crippen LogP contribution >= 0.6 is 0 Å². The molecule has 4 heteroatoms. The van der Waals surface area contributed by atoms with Gasteiger partial charge in [0.2, 0.25) is 0 Å². The topological polar surface area (TPSA) is 51.4 Å². The van der Waals surface area contributed by atoms with Crippen LogP contribution in [0.3, 0.4) is 0 Å². The van der Waals surface area contributed by atoms with Crippen LogP contribution in [0.5, 0.6) is 0 Å². The van der Waals surface area contributed by atoms with Gasteiger partial charge in [-0.1, -0.05) is 77.8 Å². The van der Waals surface area contributed by atoms with Gasteiger partial charge in [-0.15, -0.1) is 0 Å². The molecule has 0 aromatic carbocycles. The summed E-state index contributed by atoms with van der Waals surface area (Å²) in [6.45, 7) is 25.4. The van der Waals surface area contributed by atoms with Crippen molar-refractivity contribution in [1.82, 2.24) is 10.2 Å². The van der Waals surface area contributed by atoms with Crippen molar-refractivity contribution in [3.8, 4) is 6.07 Å². The van der Waals surface area contributed by atoms with Gasteiger partial charge in [0.25, 0.3) is 0 Å². The first-order chi connectivity index (χ1) is 17.9. The van der Waals surface area contributed by atoms with E-state index < -0.39 is 0 Å². The number of piperazine rings is 1. The van der Waals surface area contributed by atoms with Gasteiger partial charge in [0, 0.05) is 49.4 Å². The second-order valence-electron chi connectivity index (χ2n) is 8.68. The average molecular weight is 509 g/mol. The zero-order valence-electron chi connectivity index (χ0n) is 25.7. The van der Waals surface area contributed by atoms with Crippen molar-refractivity contribution in [3.05, 3.63) is 70.6 Å². The fraction of sp³-hybridized carbons (Fsp3) is 0.576. The van der Waals surface area contributed by atoms with Crippen molar-refractivity contribution in [2.75, 3.05) is 26.2 Å². The lowest BCUT2D eigenvalue weighted by atomic mass is 9.96. The van der Waals surface area contributed by atoms with Gasteiger partial charge in [-0.2, -0.15) is 5.26 Å². The lowest BCUT2D eigenvalue weighted by Crippen LogP contribution is -2.43.